The van der Waals surface area contributed by atoms with E-state index in [4.69, 9.17) is 9.47 Å². The lowest BCUT2D eigenvalue weighted by atomic mass is 10.0. The molecule has 3 N–H and O–H groups in total. The third-order valence-electron chi connectivity index (χ3n) is 6.89. The van der Waals surface area contributed by atoms with Crippen molar-refractivity contribution in [1.82, 2.24) is 25.2 Å². The fraction of sp³-hybridized carbons (Fsp3) is 0.462. The Morgan fingerprint density at radius 2 is 2.08 bits per heavy atom. The number of halogens is 1. The number of carbonyl (C=O) groups excluding carboxylic acids is 2. The van der Waals surface area contributed by atoms with E-state index in [1.54, 1.807) is 13.0 Å². The number of piperidine rings is 1. The number of aliphatic hydroxyl groups is 1. The van der Waals surface area contributed by atoms with Gasteiger partial charge < -0.3 is 29.8 Å². The van der Waals surface area contributed by atoms with Gasteiger partial charge in [0.2, 0.25) is 5.91 Å². The van der Waals surface area contributed by atoms with Crippen molar-refractivity contribution in [2.75, 3.05) is 33.4 Å². The summed E-state index contributed by atoms with van der Waals surface area (Å²) in [5, 5.41) is 13.5. The van der Waals surface area contributed by atoms with Crippen molar-refractivity contribution >= 4 is 22.8 Å². The Labute approximate surface area is 213 Å². The van der Waals surface area contributed by atoms with Crippen LogP contribution in [0.15, 0.2) is 24.5 Å². The Kier molecular flexibility index (Phi) is 7.07. The zero-order valence-electron chi connectivity index (χ0n) is 20.8. The van der Waals surface area contributed by atoms with Gasteiger partial charge in [-0.2, -0.15) is 0 Å². The molecule has 196 valence electrons. The van der Waals surface area contributed by atoms with Crippen LogP contribution in [0, 0.1) is 18.7 Å². The van der Waals surface area contributed by atoms with Gasteiger partial charge in [-0.15, -0.1) is 0 Å². The number of rotatable bonds is 8. The lowest BCUT2D eigenvalue weighted by Gasteiger charge is -2.36. The monoisotopic (exact) mass is 511 g/mol. The number of nitrogens with zero attached hydrogens (tertiary/aromatic N) is 3. The van der Waals surface area contributed by atoms with E-state index >= 15 is 0 Å². The minimum atomic E-state index is -0.923. The molecule has 1 aromatic carbocycles. The highest BCUT2D eigenvalue weighted by Crippen LogP contribution is 2.36. The Morgan fingerprint density at radius 3 is 2.81 bits per heavy atom. The molecular weight excluding hydrogens is 481 g/mol. The molecule has 1 aliphatic heterocycles. The van der Waals surface area contributed by atoms with Crippen LogP contribution in [0.1, 0.15) is 35.3 Å². The van der Waals surface area contributed by atoms with Gasteiger partial charge in [-0.1, -0.05) is 0 Å². The standard InChI is InChI=1S/C26H30FN5O5/c1-14-22(26(35)31-18-7-8-32(10-19(18)33)21(34)12-36-2)24-25(30-14)23(28-13-29-24)17-9-16(27)5-6-20(17)37-11-15-3-4-15/h5-6,9,13,15,18-19,30,33H,3-4,7-8,10-12H2,1-2H3,(H,31,35)/t18-,19+/m1/s1. The van der Waals surface area contributed by atoms with Gasteiger partial charge in [-0.05, 0) is 50.3 Å². The smallest absolute Gasteiger partial charge is 0.255 e. The highest BCUT2D eigenvalue weighted by atomic mass is 19.1. The molecule has 0 spiro atoms. The molecule has 2 aromatic heterocycles. The molecule has 1 saturated carbocycles. The number of aromatic amines is 1. The van der Waals surface area contributed by atoms with Gasteiger partial charge in [0.05, 0.1) is 29.8 Å². The van der Waals surface area contributed by atoms with Gasteiger partial charge in [0.1, 0.15) is 35.7 Å². The summed E-state index contributed by atoms with van der Waals surface area (Å²) in [6, 6.07) is 3.78. The van der Waals surface area contributed by atoms with Crippen molar-refractivity contribution in [1.29, 1.82) is 0 Å². The zero-order chi connectivity index (χ0) is 26.1. The van der Waals surface area contributed by atoms with Crippen LogP contribution in [0.4, 0.5) is 4.39 Å². The molecule has 11 heteroatoms. The highest BCUT2D eigenvalue weighted by Gasteiger charge is 2.32. The highest BCUT2D eigenvalue weighted by molar-refractivity contribution is 6.09. The number of hydrogen-bond acceptors (Lipinski definition) is 7. The van der Waals surface area contributed by atoms with E-state index in [1.165, 1.54) is 30.5 Å². The Morgan fingerprint density at radius 1 is 1.27 bits per heavy atom. The second kappa shape index (κ2) is 10.4. The first kappa shape index (κ1) is 25.1. The number of likely N-dealkylation sites (tertiary alicyclic amines) is 1. The van der Waals surface area contributed by atoms with E-state index in [0.29, 0.717) is 64.8 Å². The van der Waals surface area contributed by atoms with E-state index in [0.717, 1.165) is 12.8 Å². The minimum absolute atomic E-state index is 0.0566. The summed E-state index contributed by atoms with van der Waals surface area (Å²) in [5.41, 5.74) is 2.67. The van der Waals surface area contributed by atoms with Gasteiger partial charge in [0.25, 0.3) is 5.91 Å². The Hall–Kier alpha value is -3.57. The second-order valence-corrected chi connectivity index (χ2v) is 9.67. The van der Waals surface area contributed by atoms with Crippen molar-refractivity contribution in [3.8, 4) is 17.0 Å². The summed E-state index contributed by atoms with van der Waals surface area (Å²) >= 11 is 0. The molecule has 0 bridgehead atoms. The number of H-pyrrole nitrogens is 1. The van der Waals surface area contributed by atoms with Crippen LogP contribution < -0.4 is 10.1 Å². The molecule has 5 rings (SSSR count). The molecule has 3 aromatic rings. The van der Waals surface area contributed by atoms with Crippen molar-refractivity contribution in [3.05, 3.63) is 41.6 Å². The number of hydrogen-bond donors (Lipinski definition) is 3. The molecule has 37 heavy (non-hydrogen) atoms. The third-order valence-corrected chi connectivity index (χ3v) is 6.89. The van der Waals surface area contributed by atoms with Crippen LogP contribution in [0.2, 0.25) is 0 Å². The fourth-order valence-electron chi connectivity index (χ4n) is 4.69. The van der Waals surface area contributed by atoms with Gasteiger partial charge >= 0.3 is 0 Å². The number of fused-ring (bicyclic) bond motifs is 1. The average molecular weight is 512 g/mol. The van der Waals surface area contributed by atoms with E-state index < -0.39 is 23.9 Å². The number of β-amino-alcohol motifs (C(OH)–C–C–N with tert-alkyl or cyclic N) is 1. The molecule has 2 fully saturated rings. The molecule has 10 nitrogen and oxygen atoms in total. The predicted molar refractivity (Wildman–Crippen MR) is 133 cm³/mol. The summed E-state index contributed by atoms with van der Waals surface area (Å²) < 4.78 is 25.1. The first-order chi connectivity index (χ1) is 17.9. The van der Waals surface area contributed by atoms with Gasteiger partial charge in [0.15, 0.2) is 0 Å². The molecule has 2 atom stereocenters. The number of ether oxygens (including phenoxy) is 2. The number of methoxy groups -OCH3 is 1. The predicted octanol–water partition coefficient (Wildman–Crippen LogP) is 2.20. The van der Waals surface area contributed by atoms with Gasteiger partial charge in [0, 0.05) is 31.5 Å². The lowest BCUT2D eigenvalue weighted by Crippen LogP contribution is -2.55. The summed E-state index contributed by atoms with van der Waals surface area (Å²) in [6.45, 7) is 2.75. The SMILES string of the molecule is COCC(=O)N1CC[C@@H](NC(=O)c2c(C)[nH]c3c(-c4cc(F)ccc4OCC4CC4)ncnc23)[C@@H](O)C1. The number of aromatic nitrogens is 3. The normalized spacial score (nSPS) is 19.7. The number of nitrogens with one attached hydrogen (secondary N) is 2. The first-order valence-electron chi connectivity index (χ1n) is 12.4. The number of benzene rings is 1. The molecular formula is C26H30FN5O5. The zero-order valence-corrected chi connectivity index (χ0v) is 20.8. The Balaban J connectivity index is 1.40. The lowest BCUT2D eigenvalue weighted by molar-refractivity contribution is -0.138. The molecule has 2 amide bonds. The van der Waals surface area contributed by atoms with Crippen LogP contribution in [0.25, 0.3) is 22.3 Å². The summed E-state index contributed by atoms with van der Waals surface area (Å²) in [5.74, 6) is 0.00152. The maximum absolute atomic E-state index is 14.2. The maximum atomic E-state index is 14.2. The average Bonchev–Trinajstić information content (AvgIpc) is 3.64. The number of amides is 2. The summed E-state index contributed by atoms with van der Waals surface area (Å²) in [7, 11) is 1.44. The van der Waals surface area contributed by atoms with Crippen LogP contribution in [0.3, 0.4) is 0 Å². The molecule has 0 radical (unpaired) electrons. The first-order valence-corrected chi connectivity index (χ1v) is 12.4. The van der Waals surface area contributed by atoms with Crippen molar-refractivity contribution < 1.29 is 28.6 Å². The summed E-state index contributed by atoms with van der Waals surface area (Å²) in [4.78, 5) is 38.9. The van der Waals surface area contributed by atoms with Crippen molar-refractivity contribution in [2.45, 2.75) is 38.3 Å². The number of aryl methyl sites for hydroxylation is 1. The van der Waals surface area contributed by atoms with Crippen molar-refractivity contribution in [3.63, 3.8) is 0 Å². The maximum Gasteiger partial charge on any atom is 0.255 e. The quantitative estimate of drug-likeness (QED) is 0.423. The Bertz CT molecular complexity index is 1320. The second-order valence-electron chi connectivity index (χ2n) is 9.67. The number of aliphatic hydroxyl groups excluding tert-OH is 1. The molecule has 2 aliphatic rings. The van der Waals surface area contributed by atoms with Crippen molar-refractivity contribution in [2.24, 2.45) is 5.92 Å². The van der Waals surface area contributed by atoms with Gasteiger partial charge in [-0.3, -0.25) is 9.59 Å². The fourth-order valence-corrected chi connectivity index (χ4v) is 4.69. The van der Waals surface area contributed by atoms with Crippen LogP contribution in [-0.4, -0.2) is 82.3 Å². The van der Waals surface area contributed by atoms with E-state index in [9.17, 15) is 19.1 Å². The molecule has 3 heterocycles. The molecule has 0 unspecified atom stereocenters. The molecule has 1 saturated heterocycles. The summed E-state index contributed by atoms with van der Waals surface area (Å²) in [6.07, 6.45) is 3.06. The van der Waals surface area contributed by atoms with E-state index in [-0.39, 0.29) is 19.1 Å². The van der Waals surface area contributed by atoms with E-state index in [2.05, 4.69) is 20.3 Å². The van der Waals surface area contributed by atoms with Crippen LogP contribution >= 0.6 is 0 Å². The van der Waals surface area contributed by atoms with E-state index in [1.807, 2.05) is 0 Å². The van der Waals surface area contributed by atoms with Gasteiger partial charge in [-0.25, -0.2) is 14.4 Å². The largest absolute Gasteiger partial charge is 0.493 e. The third kappa shape index (κ3) is 5.28. The minimum Gasteiger partial charge on any atom is -0.493 e. The van der Waals surface area contributed by atoms with Crippen LogP contribution in [0.5, 0.6) is 5.75 Å². The topological polar surface area (TPSA) is 130 Å². The van der Waals surface area contributed by atoms with Crippen LogP contribution in [-0.2, 0) is 9.53 Å². The number of carbonyl (C=O) groups is 2. The molecule has 1 aliphatic carbocycles.